The molecular formula is C14H21N2. The molecule has 0 aliphatic heterocycles. The van der Waals surface area contributed by atoms with Gasteiger partial charge >= 0.3 is 0 Å². The molecular weight excluding hydrogens is 196 g/mol. The molecule has 1 aromatic carbocycles. The van der Waals surface area contributed by atoms with Gasteiger partial charge in [-0.05, 0) is 43.5 Å². The standard InChI is InChI=1S/C14H21N2/c1-2-16-11-9-14(8-10-15)12-13-6-4-3-5-7-13/h2-7,16H,1,8-12,15H2. The van der Waals surface area contributed by atoms with Crippen LogP contribution in [0.15, 0.2) is 43.1 Å². The number of hydrogen-bond acceptors (Lipinski definition) is 2. The van der Waals surface area contributed by atoms with Crippen molar-refractivity contribution in [3.8, 4) is 0 Å². The minimum Gasteiger partial charge on any atom is -0.391 e. The molecule has 87 valence electrons. The van der Waals surface area contributed by atoms with Crippen molar-refractivity contribution in [2.45, 2.75) is 19.3 Å². The zero-order chi connectivity index (χ0) is 11.6. The lowest BCUT2D eigenvalue weighted by molar-refractivity contribution is 0.666. The van der Waals surface area contributed by atoms with Crippen LogP contribution in [0.5, 0.6) is 0 Å². The van der Waals surface area contributed by atoms with Crippen LogP contribution in [0, 0.1) is 5.92 Å². The van der Waals surface area contributed by atoms with Crippen molar-refractivity contribution in [2.75, 3.05) is 13.1 Å². The zero-order valence-electron chi connectivity index (χ0n) is 9.78. The predicted molar refractivity (Wildman–Crippen MR) is 69.9 cm³/mol. The first-order valence-corrected chi connectivity index (χ1v) is 5.78. The first-order valence-electron chi connectivity index (χ1n) is 5.78. The van der Waals surface area contributed by atoms with Gasteiger partial charge in [0.05, 0.1) is 0 Å². The first kappa shape index (κ1) is 12.8. The van der Waals surface area contributed by atoms with E-state index in [-0.39, 0.29) is 0 Å². The van der Waals surface area contributed by atoms with Gasteiger partial charge in [-0.3, -0.25) is 0 Å². The van der Waals surface area contributed by atoms with Gasteiger partial charge in [-0.1, -0.05) is 36.9 Å². The van der Waals surface area contributed by atoms with Crippen LogP contribution < -0.4 is 11.1 Å². The molecule has 1 rings (SSSR count). The fourth-order valence-electron chi connectivity index (χ4n) is 1.74. The summed E-state index contributed by atoms with van der Waals surface area (Å²) in [4.78, 5) is 0. The second-order valence-corrected chi connectivity index (χ2v) is 3.86. The highest BCUT2D eigenvalue weighted by Gasteiger charge is 2.08. The van der Waals surface area contributed by atoms with Gasteiger partial charge in [-0.25, -0.2) is 0 Å². The van der Waals surface area contributed by atoms with Crippen molar-refractivity contribution in [2.24, 2.45) is 5.73 Å². The normalized spacial score (nSPS) is 10.4. The topological polar surface area (TPSA) is 38.0 Å². The molecule has 0 aromatic heterocycles. The molecule has 3 N–H and O–H groups in total. The molecule has 0 saturated heterocycles. The van der Waals surface area contributed by atoms with Crippen molar-refractivity contribution in [3.05, 3.63) is 54.6 Å². The molecule has 16 heavy (non-hydrogen) atoms. The Morgan fingerprint density at radius 2 is 2.00 bits per heavy atom. The van der Waals surface area contributed by atoms with Gasteiger partial charge in [0, 0.05) is 6.54 Å². The summed E-state index contributed by atoms with van der Waals surface area (Å²) in [6, 6.07) is 10.5. The maximum Gasteiger partial charge on any atom is 0.0146 e. The molecule has 0 heterocycles. The highest BCUT2D eigenvalue weighted by Crippen LogP contribution is 2.17. The van der Waals surface area contributed by atoms with Crippen molar-refractivity contribution in [1.29, 1.82) is 0 Å². The van der Waals surface area contributed by atoms with E-state index in [1.807, 2.05) is 6.07 Å². The molecule has 0 aliphatic carbocycles. The third-order valence-corrected chi connectivity index (χ3v) is 2.56. The van der Waals surface area contributed by atoms with Crippen LogP contribution >= 0.6 is 0 Å². The molecule has 0 aliphatic rings. The lowest BCUT2D eigenvalue weighted by atomic mass is 9.93. The Balaban J connectivity index is 2.40. The smallest absolute Gasteiger partial charge is 0.0146 e. The van der Waals surface area contributed by atoms with Gasteiger partial charge in [0.15, 0.2) is 0 Å². The number of nitrogens with two attached hydrogens (primary N) is 1. The molecule has 0 fully saturated rings. The lowest BCUT2D eigenvalue weighted by Crippen LogP contribution is -2.15. The summed E-state index contributed by atoms with van der Waals surface area (Å²) >= 11 is 0. The monoisotopic (exact) mass is 217 g/mol. The third-order valence-electron chi connectivity index (χ3n) is 2.56. The van der Waals surface area contributed by atoms with Crippen LogP contribution in [-0.4, -0.2) is 13.1 Å². The molecule has 2 heteroatoms. The zero-order valence-corrected chi connectivity index (χ0v) is 9.78. The third kappa shape index (κ3) is 4.99. The summed E-state index contributed by atoms with van der Waals surface area (Å²) in [6.07, 6.45) is 4.85. The van der Waals surface area contributed by atoms with Crippen LogP contribution in [-0.2, 0) is 6.42 Å². The Labute approximate surface area is 98.6 Å². The van der Waals surface area contributed by atoms with E-state index in [4.69, 9.17) is 5.73 Å². The predicted octanol–water partition coefficient (Wildman–Crippen LogP) is 2.28. The van der Waals surface area contributed by atoms with Crippen molar-refractivity contribution in [1.82, 2.24) is 5.32 Å². The van der Waals surface area contributed by atoms with Crippen molar-refractivity contribution in [3.63, 3.8) is 0 Å². The molecule has 1 radical (unpaired) electrons. The van der Waals surface area contributed by atoms with Crippen molar-refractivity contribution >= 4 is 0 Å². The number of benzene rings is 1. The van der Waals surface area contributed by atoms with E-state index in [0.717, 1.165) is 32.4 Å². The Morgan fingerprint density at radius 3 is 2.62 bits per heavy atom. The lowest BCUT2D eigenvalue weighted by Gasteiger charge is -2.15. The Kier molecular flexibility index (Phi) is 6.35. The van der Waals surface area contributed by atoms with Crippen LogP contribution in [0.2, 0.25) is 0 Å². The largest absolute Gasteiger partial charge is 0.391 e. The molecule has 0 amide bonds. The van der Waals surface area contributed by atoms with Gasteiger partial charge in [0.25, 0.3) is 0 Å². The summed E-state index contributed by atoms with van der Waals surface area (Å²) in [5.74, 6) is 1.50. The minimum atomic E-state index is 0.732. The van der Waals surface area contributed by atoms with Gasteiger partial charge < -0.3 is 11.1 Å². The second-order valence-electron chi connectivity index (χ2n) is 3.86. The van der Waals surface area contributed by atoms with E-state index in [1.54, 1.807) is 6.20 Å². The summed E-state index contributed by atoms with van der Waals surface area (Å²) in [6.45, 7) is 5.32. The van der Waals surface area contributed by atoms with E-state index in [2.05, 4.69) is 36.2 Å². The fraction of sp³-hybridized carbons (Fsp3) is 0.357. The van der Waals surface area contributed by atoms with E-state index in [1.165, 1.54) is 11.5 Å². The summed E-state index contributed by atoms with van der Waals surface area (Å²) in [7, 11) is 0. The highest BCUT2D eigenvalue weighted by atomic mass is 14.8. The van der Waals surface area contributed by atoms with Crippen LogP contribution in [0.25, 0.3) is 0 Å². The quantitative estimate of drug-likeness (QED) is 0.656. The highest BCUT2D eigenvalue weighted by molar-refractivity contribution is 5.19. The molecule has 0 saturated carbocycles. The summed E-state index contributed by atoms with van der Waals surface area (Å²) < 4.78 is 0. The van der Waals surface area contributed by atoms with E-state index in [9.17, 15) is 0 Å². The molecule has 0 atom stereocenters. The Morgan fingerprint density at radius 1 is 1.25 bits per heavy atom. The average molecular weight is 217 g/mol. The number of rotatable bonds is 8. The van der Waals surface area contributed by atoms with Crippen LogP contribution in [0.3, 0.4) is 0 Å². The summed E-state index contributed by atoms with van der Waals surface area (Å²) in [5.41, 5.74) is 6.99. The maximum atomic E-state index is 5.63. The Bertz CT molecular complexity index is 282. The maximum absolute atomic E-state index is 5.63. The number of nitrogens with one attached hydrogen (secondary N) is 1. The van der Waals surface area contributed by atoms with Crippen molar-refractivity contribution < 1.29 is 0 Å². The van der Waals surface area contributed by atoms with Gasteiger partial charge in [-0.2, -0.15) is 0 Å². The van der Waals surface area contributed by atoms with Crippen LogP contribution in [0.1, 0.15) is 18.4 Å². The second kappa shape index (κ2) is 7.94. The van der Waals surface area contributed by atoms with E-state index in [0.29, 0.717) is 0 Å². The average Bonchev–Trinajstić information content (AvgIpc) is 2.31. The molecule has 1 aromatic rings. The van der Waals surface area contributed by atoms with E-state index < -0.39 is 0 Å². The fourth-order valence-corrected chi connectivity index (χ4v) is 1.74. The van der Waals surface area contributed by atoms with E-state index >= 15 is 0 Å². The Hall–Kier alpha value is -1.28. The number of hydrogen-bond donors (Lipinski definition) is 2. The SMILES string of the molecule is C=CNCC[C](CCN)Cc1ccccc1. The van der Waals surface area contributed by atoms with Gasteiger partial charge in [0.2, 0.25) is 0 Å². The van der Waals surface area contributed by atoms with Crippen LogP contribution in [0.4, 0.5) is 0 Å². The molecule has 2 nitrogen and oxygen atoms in total. The van der Waals surface area contributed by atoms with Gasteiger partial charge in [-0.15, -0.1) is 0 Å². The summed E-state index contributed by atoms with van der Waals surface area (Å²) in [5, 5.41) is 3.13. The minimum absolute atomic E-state index is 0.732. The molecule has 0 spiro atoms. The molecule has 0 bridgehead atoms. The first-order chi connectivity index (χ1) is 7.86. The molecule has 0 unspecified atom stereocenters. The van der Waals surface area contributed by atoms with Gasteiger partial charge in [0.1, 0.15) is 0 Å².